The van der Waals surface area contributed by atoms with E-state index in [1.165, 1.54) is 4.90 Å². The Morgan fingerprint density at radius 2 is 1.95 bits per heavy atom. The van der Waals surface area contributed by atoms with Crippen LogP contribution in [0, 0.1) is 5.92 Å². The van der Waals surface area contributed by atoms with Crippen LogP contribution in [0.25, 0.3) is 0 Å². The second-order valence-electron chi connectivity index (χ2n) is 4.47. The minimum Gasteiger partial charge on any atom is -0.481 e. The smallest absolute Gasteiger partial charge is 0.311 e. The van der Waals surface area contributed by atoms with Gasteiger partial charge in [0, 0.05) is 17.6 Å². The van der Waals surface area contributed by atoms with Gasteiger partial charge in [-0.15, -0.1) is 0 Å². The first-order valence-corrected chi connectivity index (χ1v) is 6.22. The highest BCUT2D eigenvalue weighted by molar-refractivity contribution is 6.30. The molecule has 5 nitrogen and oxygen atoms in total. The van der Waals surface area contributed by atoms with Crippen LogP contribution in [0.5, 0.6) is 0 Å². The average Bonchev–Trinajstić information content (AvgIpc) is 2.87. The molecule has 1 fully saturated rings. The number of halogens is 1. The van der Waals surface area contributed by atoms with Crippen molar-refractivity contribution in [3.05, 3.63) is 34.9 Å². The standard InChI is InChI=1S/C13H14ClNO4/c1-15(11-7-19-6-10(11)13(17)18)12(16)8-2-4-9(14)5-3-8/h2-5,10-11H,6-7H2,1H3,(H,17,18). The first-order valence-electron chi connectivity index (χ1n) is 5.84. The van der Waals surface area contributed by atoms with Crippen molar-refractivity contribution >= 4 is 23.5 Å². The van der Waals surface area contributed by atoms with Crippen molar-refractivity contribution in [1.29, 1.82) is 0 Å². The lowest BCUT2D eigenvalue weighted by molar-refractivity contribution is -0.142. The predicted molar refractivity (Wildman–Crippen MR) is 69.3 cm³/mol. The molecule has 102 valence electrons. The van der Waals surface area contributed by atoms with Crippen LogP contribution in [-0.4, -0.2) is 48.2 Å². The molecule has 1 N–H and O–H groups in total. The van der Waals surface area contributed by atoms with Crippen LogP contribution in [0.2, 0.25) is 5.02 Å². The second-order valence-corrected chi connectivity index (χ2v) is 4.91. The topological polar surface area (TPSA) is 66.8 Å². The number of carboxylic acids is 1. The molecule has 1 aromatic carbocycles. The van der Waals surface area contributed by atoms with Crippen LogP contribution in [-0.2, 0) is 9.53 Å². The lowest BCUT2D eigenvalue weighted by atomic mass is 10.0. The Hall–Kier alpha value is -1.59. The summed E-state index contributed by atoms with van der Waals surface area (Å²) < 4.78 is 5.16. The number of ether oxygens (including phenoxy) is 1. The Labute approximate surface area is 115 Å². The molecule has 1 amide bonds. The Morgan fingerprint density at radius 1 is 1.32 bits per heavy atom. The Morgan fingerprint density at radius 3 is 2.53 bits per heavy atom. The number of nitrogens with zero attached hydrogens (tertiary/aromatic N) is 1. The first-order chi connectivity index (χ1) is 9.00. The number of likely N-dealkylation sites (N-methyl/N-ethyl adjacent to an activating group) is 1. The molecule has 0 spiro atoms. The number of carboxylic acid groups (broad SMARTS) is 1. The Kier molecular flexibility index (Phi) is 4.07. The summed E-state index contributed by atoms with van der Waals surface area (Å²) in [6, 6.07) is 6.05. The van der Waals surface area contributed by atoms with E-state index in [9.17, 15) is 9.59 Å². The van der Waals surface area contributed by atoms with Gasteiger partial charge in [0.05, 0.1) is 19.3 Å². The molecule has 1 aliphatic rings. The zero-order valence-corrected chi connectivity index (χ0v) is 11.1. The van der Waals surface area contributed by atoms with E-state index in [-0.39, 0.29) is 19.1 Å². The highest BCUT2D eigenvalue weighted by Gasteiger charge is 2.38. The van der Waals surface area contributed by atoms with E-state index in [2.05, 4.69) is 0 Å². The van der Waals surface area contributed by atoms with E-state index < -0.39 is 17.9 Å². The number of carbonyl (C=O) groups is 2. The van der Waals surface area contributed by atoms with E-state index in [0.717, 1.165) is 0 Å². The van der Waals surface area contributed by atoms with Crippen molar-refractivity contribution in [3.8, 4) is 0 Å². The molecule has 0 aromatic heterocycles. The lowest BCUT2D eigenvalue weighted by Gasteiger charge is -2.26. The maximum atomic E-state index is 12.2. The van der Waals surface area contributed by atoms with Crippen LogP contribution < -0.4 is 0 Å². The van der Waals surface area contributed by atoms with Crippen LogP contribution in [0.15, 0.2) is 24.3 Å². The molecule has 2 unspecified atom stereocenters. The van der Waals surface area contributed by atoms with Gasteiger partial charge >= 0.3 is 5.97 Å². The number of aliphatic carboxylic acids is 1. The van der Waals surface area contributed by atoms with E-state index >= 15 is 0 Å². The van der Waals surface area contributed by atoms with Gasteiger partial charge in [-0.1, -0.05) is 11.6 Å². The summed E-state index contributed by atoms with van der Waals surface area (Å²) in [7, 11) is 1.59. The predicted octanol–water partition coefficient (Wildman–Crippen LogP) is 1.51. The molecule has 0 saturated carbocycles. The summed E-state index contributed by atoms with van der Waals surface area (Å²) in [5.41, 5.74) is 0.475. The fraction of sp³-hybridized carbons (Fsp3) is 0.385. The summed E-state index contributed by atoms with van der Waals surface area (Å²) in [5, 5.41) is 9.63. The van der Waals surface area contributed by atoms with E-state index in [1.54, 1.807) is 31.3 Å². The minimum absolute atomic E-state index is 0.137. The van der Waals surface area contributed by atoms with Gasteiger partial charge in [-0.2, -0.15) is 0 Å². The molecule has 2 rings (SSSR count). The molecule has 0 radical (unpaired) electrons. The number of carbonyl (C=O) groups excluding carboxylic acids is 1. The van der Waals surface area contributed by atoms with Gasteiger partial charge in [-0.3, -0.25) is 9.59 Å². The van der Waals surface area contributed by atoms with Crippen LogP contribution in [0.3, 0.4) is 0 Å². The average molecular weight is 284 g/mol. The molecule has 1 heterocycles. The van der Waals surface area contributed by atoms with Crippen molar-refractivity contribution in [3.63, 3.8) is 0 Å². The van der Waals surface area contributed by atoms with Gasteiger partial charge in [0.15, 0.2) is 0 Å². The molecule has 6 heteroatoms. The third kappa shape index (κ3) is 2.88. The quantitative estimate of drug-likeness (QED) is 0.913. The third-order valence-electron chi connectivity index (χ3n) is 3.28. The molecule has 1 saturated heterocycles. The highest BCUT2D eigenvalue weighted by atomic mass is 35.5. The van der Waals surface area contributed by atoms with Crippen LogP contribution >= 0.6 is 11.6 Å². The zero-order chi connectivity index (χ0) is 14.0. The first kappa shape index (κ1) is 13.8. The molecular formula is C13H14ClNO4. The van der Waals surface area contributed by atoms with Crippen molar-refractivity contribution in [2.24, 2.45) is 5.92 Å². The summed E-state index contributed by atoms with van der Waals surface area (Å²) in [6.07, 6.45) is 0. The molecular weight excluding hydrogens is 270 g/mol. The molecule has 0 aliphatic carbocycles. The van der Waals surface area contributed by atoms with Gasteiger partial charge in [0.1, 0.15) is 5.92 Å². The highest BCUT2D eigenvalue weighted by Crippen LogP contribution is 2.21. The van der Waals surface area contributed by atoms with Gasteiger partial charge < -0.3 is 14.7 Å². The Bertz CT molecular complexity index is 488. The van der Waals surface area contributed by atoms with Gasteiger partial charge in [0.2, 0.25) is 0 Å². The number of hydrogen-bond acceptors (Lipinski definition) is 3. The van der Waals surface area contributed by atoms with Crippen molar-refractivity contribution in [2.75, 3.05) is 20.3 Å². The maximum Gasteiger partial charge on any atom is 0.311 e. The largest absolute Gasteiger partial charge is 0.481 e. The van der Waals surface area contributed by atoms with Crippen molar-refractivity contribution in [2.45, 2.75) is 6.04 Å². The summed E-state index contributed by atoms with van der Waals surface area (Å²) >= 11 is 5.77. The lowest BCUT2D eigenvalue weighted by Crippen LogP contribution is -2.44. The summed E-state index contributed by atoms with van der Waals surface area (Å²) in [5.74, 6) is -1.86. The normalized spacial score (nSPS) is 22.2. The molecule has 0 bridgehead atoms. The zero-order valence-electron chi connectivity index (χ0n) is 10.4. The third-order valence-corrected chi connectivity index (χ3v) is 3.53. The minimum atomic E-state index is -0.946. The number of hydrogen-bond donors (Lipinski definition) is 1. The van der Waals surface area contributed by atoms with Crippen LogP contribution in [0.4, 0.5) is 0 Å². The van der Waals surface area contributed by atoms with E-state index in [0.29, 0.717) is 10.6 Å². The van der Waals surface area contributed by atoms with E-state index in [1.807, 2.05) is 0 Å². The molecule has 1 aliphatic heterocycles. The SMILES string of the molecule is CN(C(=O)c1ccc(Cl)cc1)C1COCC1C(=O)O. The second kappa shape index (κ2) is 5.59. The molecule has 1 aromatic rings. The fourth-order valence-electron chi connectivity index (χ4n) is 2.11. The van der Waals surface area contributed by atoms with Crippen LogP contribution in [0.1, 0.15) is 10.4 Å². The van der Waals surface area contributed by atoms with Crippen molar-refractivity contribution in [1.82, 2.24) is 4.90 Å². The monoisotopic (exact) mass is 283 g/mol. The van der Waals surface area contributed by atoms with Gasteiger partial charge in [-0.25, -0.2) is 0 Å². The van der Waals surface area contributed by atoms with Gasteiger partial charge in [0.25, 0.3) is 5.91 Å². The van der Waals surface area contributed by atoms with E-state index in [4.69, 9.17) is 21.4 Å². The van der Waals surface area contributed by atoms with Crippen molar-refractivity contribution < 1.29 is 19.4 Å². The Balaban J connectivity index is 2.14. The summed E-state index contributed by atoms with van der Waals surface area (Å²) in [6.45, 7) is 0.380. The molecule has 19 heavy (non-hydrogen) atoms. The fourth-order valence-corrected chi connectivity index (χ4v) is 2.23. The summed E-state index contributed by atoms with van der Waals surface area (Å²) in [4.78, 5) is 24.8. The van der Waals surface area contributed by atoms with Gasteiger partial charge in [-0.05, 0) is 24.3 Å². The number of benzene rings is 1. The number of amides is 1. The number of rotatable bonds is 3. The maximum absolute atomic E-state index is 12.2. The molecule has 2 atom stereocenters.